The Morgan fingerprint density at radius 2 is 1.60 bits per heavy atom. The number of anilines is 1. The lowest BCUT2D eigenvalue weighted by atomic mass is 9.81. The highest BCUT2D eigenvalue weighted by atomic mass is 35.5. The lowest BCUT2D eigenvalue weighted by Gasteiger charge is -2.19. The molecule has 0 bridgehead atoms. The summed E-state index contributed by atoms with van der Waals surface area (Å²) in [5.74, 6) is -0.694. The number of likely N-dealkylation sites (tertiary alicyclic amines) is 1. The van der Waals surface area contributed by atoms with E-state index in [1.54, 1.807) is 43.3 Å². The van der Waals surface area contributed by atoms with Crippen LogP contribution < -0.4 is 4.72 Å². The molecule has 0 aromatic heterocycles. The number of rotatable bonds is 5. The largest absolute Gasteiger partial charge is 0.280 e. The predicted molar refractivity (Wildman–Crippen MR) is 114 cm³/mol. The highest BCUT2D eigenvalue weighted by molar-refractivity contribution is 7.92. The molecule has 0 unspecified atom stereocenters. The first-order valence-corrected chi connectivity index (χ1v) is 11.9. The number of imide groups is 1. The van der Waals surface area contributed by atoms with E-state index >= 15 is 0 Å². The Morgan fingerprint density at radius 3 is 2.20 bits per heavy atom. The van der Waals surface area contributed by atoms with Crippen LogP contribution in [0, 0.1) is 18.8 Å². The number of hydrogen-bond acceptors (Lipinski definition) is 4. The number of carbonyl (C=O) groups is 2. The smallest absolute Gasteiger partial charge is 0.262 e. The highest BCUT2D eigenvalue weighted by Crippen LogP contribution is 2.38. The highest BCUT2D eigenvalue weighted by Gasteiger charge is 2.47. The van der Waals surface area contributed by atoms with E-state index in [4.69, 9.17) is 11.6 Å². The van der Waals surface area contributed by atoms with Crippen LogP contribution in [-0.2, 0) is 26.2 Å². The number of nitrogens with one attached hydrogen (secondary N) is 1. The predicted octanol–water partition coefficient (Wildman–Crippen LogP) is 4.12. The second kappa shape index (κ2) is 8.04. The van der Waals surface area contributed by atoms with Gasteiger partial charge in [0.1, 0.15) is 0 Å². The van der Waals surface area contributed by atoms with Crippen LogP contribution >= 0.6 is 11.6 Å². The Hall–Kier alpha value is -2.38. The first-order chi connectivity index (χ1) is 14.3. The number of aryl methyl sites for hydroxylation is 1. The summed E-state index contributed by atoms with van der Waals surface area (Å²) in [5, 5.41) is 0.511. The molecule has 1 aliphatic carbocycles. The molecule has 158 valence electrons. The van der Waals surface area contributed by atoms with Crippen LogP contribution in [0.4, 0.5) is 5.69 Å². The van der Waals surface area contributed by atoms with Gasteiger partial charge in [-0.3, -0.25) is 19.2 Å². The Morgan fingerprint density at radius 1 is 1.00 bits per heavy atom. The average molecular weight is 447 g/mol. The van der Waals surface area contributed by atoms with E-state index < -0.39 is 10.0 Å². The number of carbonyl (C=O) groups excluding carboxylic acids is 2. The molecular weight excluding hydrogens is 424 g/mol. The summed E-state index contributed by atoms with van der Waals surface area (Å²) in [6, 6.07) is 11.4. The van der Waals surface area contributed by atoms with Crippen LogP contribution in [-0.4, -0.2) is 25.1 Å². The number of benzene rings is 2. The fourth-order valence-corrected chi connectivity index (χ4v) is 5.81. The monoisotopic (exact) mass is 446 g/mol. The van der Waals surface area contributed by atoms with E-state index in [9.17, 15) is 18.0 Å². The molecular formula is C22H23ClN2O4S. The molecule has 1 N–H and O–H groups in total. The van der Waals surface area contributed by atoms with Crippen molar-refractivity contribution in [3.63, 3.8) is 0 Å². The zero-order chi connectivity index (χ0) is 21.5. The fourth-order valence-electron chi connectivity index (χ4n) is 4.33. The molecule has 2 aromatic carbocycles. The van der Waals surface area contributed by atoms with Gasteiger partial charge in [0, 0.05) is 10.7 Å². The van der Waals surface area contributed by atoms with Gasteiger partial charge in [0.15, 0.2) is 0 Å². The first-order valence-electron chi connectivity index (χ1n) is 9.99. The van der Waals surface area contributed by atoms with Gasteiger partial charge in [0.05, 0.1) is 23.3 Å². The van der Waals surface area contributed by atoms with Crippen molar-refractivity contribution in [1.29, 1.82) is 0 Å². The van der Waals surface area contributed by atoms with Crippen LogP contribution in [0.1, 0.15) is 36.8 Å². The Bertz CT molecular complexity index is 1070. The molecule has 2 aliphatic rings. The van der Waals surface area contributed by atoms with Gasteiger partial charge in [0.25, 0.3) is 10.0 Å². The minimum absolute atomic E-state index is 0.0917. The summed E-state index contributed by atoms with van der Waals surface area (Å²) in [4.78, 5) is 26.9. The quantitative estimate of drug-likeness (QED) is 0.700. The molecule has 0 radical (unpaired) electrons. The standard InChI is InChI=1S/C22H23ClN2O4S/c1-14-6-7-15(13-25-21(26)18-4-2-3-5-19(18)22(25)27)12-20(14)30(28,29)24-17-10-8-16(23)9-11-17/h6-12,18-19,24H,2-5,13H2,1H3/t18-,19-/m1/s1. The summed E-state index contributed by atoms with van der Waals surface area (Å²) < 4.78 is 28.4. The molecule has 2 fully saturated rings. The number of halogens is 1. The Kier molecular flexibility index (Phi) is 5.59. The van der Waals surface area contributed by atoms with E-state index in [0.717, 1.165) is 25.7 Å². The van der Waals surface area contributed by atoms with Crippen LogP contribution in [0.2, 0.25) is 5.02 Å². The lowest BCUT2D eigenvalue weighted by Crippen LogP contribution is -2.30. The molecule has 8 heteroatoms. The van der Waals surface area contributed by atoms with Crippen LogP contribution in [0.3, 0.4) is 0 Å². The van der Waals surface area contributed by atoms with Crippen molar-refractivity contribution in [1.82, 2.24) is 4.90 Å². The number of fused-ring (bicyclic) bond motifs is 1. The minimum atomic E-state index is -3.84. The van der Waals surface area contributed by atoms with E-state index in [0.29, 0.717) is 21.8 Å². The maximum atomic E-state index is 12.9. The molecule has 2 aromatic rings. The van der Waals surface area contributed by atoms with Crippen molar-refractivity contribution in [2.24, 2.45) is 11.8 Å². The fraction of sp³-hybridized carbons (Fsp3) is 0.364. The molecule has 6 nitrogen and oxygen atoms in total. The molecule has 1 aliphatic heterocycles. The number of hydrogen-bond donors (Lipinski definition) is 1. The molecule has 1 saturated carbocycles. The maximum absolute atomic E-state index is 12.9. The Labute approximate surface area is 181 Å². The number of nitrogens with zero attached hydrogens (tertiary/aromatic N) is 1. The first kappa shape index (κ1) is 20.9. The second-order valence-corrected chi connectivity index (χ2v) is 10.1. The molecule has 2 amide bonds. The zero-order valence-electron chi connectivity index (χ0n) is 16.6. The topological polar surface area (TPSA) is 83.6 Å². The van der Waals surface area contributed by atoms with Gasteiger partial charge >= 0.3 is 0 Å². The van der Waals surface area contributed by atoms with Crippen LogP contribution in [0.15, 0.2) is 47.4 Å². The van der Waals surface area contributed by atoms with Crippen molar-refractivity contribution >= 4 is 39.1 Å². The summed E-state index contributed by atoms with van der Waals surface area (Å²) in [6.45, 7) is 1.80. The van der Waals surface area contributed by atoms with E-state index in [-0.39, 0.29) is 35.1 Å². The van der Waals surface area contributed by atoms with Crippen molar-refractivity contribution in [3.8, 4) is 0 Å². The van der Waals surface area contributed by atoms with Gasteiger partial charge in [-0.25, -0.2) is 8.42 Å². The van der Waals surface area contributed by atoms with Crippen molar-refractivity contribution in [2.75, 3.05) is 4.72 Å². The summed E-state index contributed by atoms with van der Waals surface area (Å²) in [5.41, 5.74) is 1.59. The van der Waals surface area contributed by atoms with Gasteiger partial charge in [0.2, 0.25) is 11.8 Å². The van der Waals surface area contributed by atoms with Gasteiger partial charge in [-0.15, -0.1) is 0 Å². The van der Waals surface area contributed by atoms with Gasteiger partial charge in [-0.05, 0) is 61.2 Å². The van der Waals surface area contributed by atoms with E-state index in [1.165, 1.54) is 11.0 Å². The van der Waals surface area contributed by atoms with Gasteiger partial charge < -0.3 is 0 Å². The molecule has 1 heterocycles. The average Bonchev–Trinajstić information content (AvgIpc) is 2.96. The molecule has 1 saturated heterocycles. The van der Waals surface area contributed by atoms with Crippen LogP contribution in [0.25, 0.3) is 0 Å². The van der Waals surface area contributed by atoms with Crippen LogP contribution in [0.5, 0.6) is 0 Å². The number of amides is 2. The Balaban J connectivity index is 1.58. The third-order valence-corrected chi connectivity index (χ3v) is 7.69. The summed E-state index contributed by atoms with van der Waals surface area (Å²) in [7, 11) is -3.84. The number of sulfonamides is 1. The summed E-state index contributed by atoms with van der Waals surface area (Å²) >= 11 is 5.86. The zero-order valence-corrected chi connectivity index (χ0v) is 18.2. The lowest BCUT2D eigenvalue weighted by molar-refractivity contribution is -0.140. The van der Waals surface area contributed by atoms with E-state index in [2.05, 4.69) is 4.72 Å². The molecule has 30 heavy (non-hydrogen) atoms. The SMILES string of the molecule is Cc1ccc(CN2C(=O)[C@@H]3CCCC[C@H]3C2=O)cc1S(=O)(=O)Nc1ccc(Cl)cc1. The van der Waals surface area contributed by atoms with Crippen molar-refractivity contribution < 1.29 is 18.0 Å². The van der Waals surface area contributed by atoms with Crippen molar-refractivity contribution in [2.45, 2.75) is 44.0 Å². The van der Waals surface area contributed by atoms with E-state index in [1.807, 2.05) is 0 Å². The summed E-state index contributed by atoms with van der Waals surface area (Å²) in [6.07, 6.45) is 3.45. The third kappa shape index (κ3) is 3.96. The van der Waals surface area contributed by atoms with Gasteiger partial charge in [-0.1, -0.05) is 36.6 Å². The normalized spacial score (nSPS) is 21.6. The minimum Gasteiger partial charge on any atom is -0.280 e. The molecule has 0 spiro atoms. The van der Waals surface area contributed by atoms with Crippen molar-refractivity contribution in [3.05, 3.63) is 58.6 Å². The third-order valence-electron chi connectivity index (χ3n) is 5.91. The second-order valence-electron chi connectivity index (χ2n) is 7.97. The molecule has 4 rings (SSSR count). The molecule has 2 atom stereocenters. The maximum Gasteiger partial charge on any atom is 0.262 e. The van der Waals surface area contributed by atoms with Gasteiger partial charge in [-0.2, -0.15) is 0 Å².